The van der Waals surface area contributed by atoms with Gasteiger partial charge in [-0.05, 0) is 83.2 Å². The van der Waals surface area contributed by atoms with Crippen molar-refractivity contribution in [2.45, 2.75) is 38.1 Å². The zero-order valence-corrected chi connectivity index (χ0v) is 16.8. The summed E-state index contributed by atoms with van der Waals surface area (Å²) >= 11 is 5.85. The number of hydrogen-bond donors (Lipinski definition) is 1. The molecule has 0 aromatic heterocycles. The molecule has 5 heteroatoms. The maximum Gasteiger partial charge on any atom is 0.243 e. The molecule has 4 nitrogen and oxygen atoms in total. The molecule has 1 aliphatic heterocycles. The number of hydrogen-bond acceptors (Lipinski definition) is 3. The van der Waals surface area contributed by atoms with E-state index in [1.54, 1.807) is 6.08 Å². The topological polar surface area (TPSA) is 35.6 Å². The van der Waals surface area contributed by atoms with Crippen molar-refractivity contribution in [1.82, 2.24) is 15.1 Å². The summed E-state index contributed by atoms with van der Waals surface area (Å²) in [5.74, 6) is -0.0385. The number of benzene rings is 1. The van der Waals surface area contributed by atoms with Crippen LogP contribution in [0.3, 0.4) is 0 Å². The Labute approximate surface area is 163 Å². The standard InChI is InChI=1S/C21H32ClN3O/c1-24-16-12-20(13-17-24)25(2)15-5-3-4-14-23-21(26)11-8-18-6-9-19(22)10-7-18/h6-11,20H,3-5,12-17H2,1-2H3,(H,23,26)/b11-8+. The van der Waals surface area contributed by atoms with Gasteiger partial charge in [-0.25, -0.2) is 0 Å². The van der Waals surface area contributed by atoms with Gasteiger partial charge in [0, 0.05) is 23.7 Å². The van der Waals surface area contributed by atoms with E-state index in [1.807, 2.05) is 30.3 Å². The maximum atomic E-state index is 11.8. The van der Waals surface area contributed by atoms with Gasteiger partial charge in [0.15, 0.2) is 0 Å². The fourth-order valence-electron chi connectivity index (χ4n) is 3.30. The van der Waals surface area contributed by atoms with Gasteiger partial charge in [-0.15, -0.1) is 0 Å². The van der Waals surface area contributed by atoms with E-state index in [1.165, 1.54) is 32.4 Å². The van der Waals surface area contributed by atoms with Crippen LogP contribution in [0.5, 0.6) is 0 Å². The molecule has 2 rings (SSSR count). The fourth-order valence-corrected chi connectivity index (χ4v) is 3.42. The molecule has 1 aromatic rings. The molecular weight excluding hydrogens is 346 g/mol. The van der Waals surface area contributed by atoms with E-state index in [0.717, 1.165) is 37.5 Å². The Morgan fingerprint density at radius 2 is 1.92 bits per heavy atom. The first-order valence-corrected chi connectivity index (χ1v) is 10.0. The molecule has 0 unspecified atom stereocenters. The van der Waals surface area contributed by atoms with Crippen LogP contribution >= 0.6 is 11.6 Å². The summed E-state index contributed by atoms with van der Waals surface area (Å²) in [6.07, 6.45) is 9.32. The van der Waals surface area contributed by atoms with Gasteiger partial charge in [0.2, 0.25) is 5.91 Å². The average molecular weight is 378 g/mol. The molecule has 1 amide bonds. The van der Waals surface area contributed by atoms with Gasteiger partial charge in [0.1, 0.15) is 0 Å². The van der Waals surface area contributed by atoms with Crippen molar-refractivity contribution in [3.8, 4) is 0 Å². The van der Waals surface area contributed by atoms with Crippen LogP contribution in [0.1, 0.15) is 37.7 Å². The van der Waals surface area contributed by atoms with Gasteiger partial charge < -0.3 is 15.1 Å². The Kier molecular flexibility index (Phi) is 9.16. The third-order valence-electron chi connectivity index (χ3n) is 5.10. The van der Waals surface area contributed by atoms with E-state index in [4.69, 9.17) is 11.6 Å². The first-order valence-electron chi connectivity index (χ1n) is 9.65. The highest BCUT2D eigenvalue weighted by Crippen LogP contribution is 2.14. The van der Waals surface area contributed by atoms with Crippen LogP contribution in [0.2, 0.25) is 5.02 Å². The van der Waals surface area contributed by atoms with Gasteiger partial charge in [0.25, 0.3) is 0 Å². The number of rotatable bonds is 9. The average Bonchev–Trinajstić information content (AvgIpc) is 2.64. The third kappa shape index (κ3) is 7.90. The number of halogens is 1. The lowest BCUT2D eigenvalue weighted by molar-refractivity contribution is -0.116. The second-order valence-electron chi connectivity index (χ2n) is 7.25. The summed E-state index contributed by atoms with van der Waals surface area (Å²) in [4.78, 5) is 16.7. The molecule has 1 N–H and O–H groups in total. The predicted molar refractivity (Wildman–Crippen MR) is 110 cm³/mol. The van der Waals surface area contributed by atoms with E-state index >= 15 is 0 Å². The smallest absolute Gasteiger partial charge is 0.243 e. The summed E-state index contributed by atoms with van der Waals surface area (Å²) in [6.45, 7) is 4.32. The van der Waals surface area contributed by atoms with E-state index in [9.17, 15) is 4.79 Å². The molecule has 26 heavy (non-hydrogen) atoms. The quantitative estimate of drug-likeness (QED) is 0.527. The summed E-state index contributed by atoms with van der Waals surface area (Å²) in [7, 11) is 4.45. The number of carbonyl (C=O) groups excluding carboxylic acids is 1. The first-order chi connectivity index (χ1) is 12.5. The molecule has 0 saturated carbocycles. The Hall–Kier alpha value is -1.36. The lowest BCUT2D eigenvalue weighted by Crippen LogP contribution is -2.42. The lowest BCUT2D eigenvalue weighted by Gasteiger charge is -2.35. The van der Waals surface area contributed by atoms with Crippen LogP contribution in [0.25, 0.3) is 6.08 Å². The van der Waals surface area contributed by atoms with Gasteiger partial charge >= 0.3 is 0 Å². The van der Waals surface area contributed by atoms with Crippen LogP contribution in [0.15, 0.2) is 30.3 Å². The van der Waals surface area contributed by atoms with Crippen LogP contribution in [0.4, 0.5) is 0 Å². The van der Waals surface area contributed by atoms with Crippen molar-refractivity contribution in [2.75, 3.05) is 40.3 Å². The highest BCUT2D eigenvalue weighted by molar-refractivity contribution is 6.30. The number of carbonyl (C=O) groups is 1. The SMILES string of the molecule is CN1CCC(N(C)CCCCCNC(=O)/C=C/c2ccc(Cl)cc2)CC1. The number of piperidine rings is 1. The third-order valence-corrected chi connectivity index (χ3v) is 5.35. The second kappa shape index (κ2) is 11.4. The molecule has 0 atom stereocenters. The minimum absolute atomic E-state index is 0.0385. The maximum absolute atomic E-state index is 11.8. The predicted octanol–water partition coefficient (Wildman–Crippen LogP) is 3.67. The van der Waals surface area contributed by atoms with Crippen molar-refractivity contribution in [3.63, 3.8) is 0 Å². The molecule has 1 aliphatic rings. The Morgan fingerprint density at radius 1 is 1.23 bits per heavy atom. The number of unbranched alkanes of at least 4 members (excludes halogenated alkanes) is 2. The van der Waals surface area contributed by atoms with Crippen LogP contribution in [-0.2, 0) is 4.79 Å². The second-order valence-corrected chi connectivity index (χ2v) is 7.69. The number of amides is 1. The molecule has 1 heterocycles. The molecule has 0 radical (unpaired) electrons. The van der Waals surface area contributed by atoms with Crippen LogP contribution in [-0.4, -0.2) is 62.0 Å². The molecule has 1 aromatic carbocycles. The largest absolute Gasteiger partial charge is 0.353 e. The summed E-state index contributed by atoms with van der Waals surface area (Å²) < 4.78 is 0. The Balaban J connectivity index is 1.52. The zero-order valence-electron chi connectivity index (χ0n) is 16.1. The zero-order chi connectivity index (χ0) is 18.8. The van der Waals surface area contributed by atoms with Crippen molar-refractivity contribution >= 4 is 23.6 Å². The van der Waals surface area contributed by atoms with Crippen LogP contribution in [0, 0.1) is 0 Å². The summed E-state index contributed by atoms with van der Waals surface area (Å²) in [5.41, 5.74) is 0.974. The van der Waals surface area contributed by atoms with Crippen molar-refractivity contribution in [2.24, 2.45) is 0 Å². The van der Waals surface area contributed by atoms with E-state index in [0.29, 0.717) is 5.02 Å². The summed E-state index contributed by atoms with van der Waals surface area (Å²) in [6, 6.07) is 8.17. The van der Waals surface area contributed by atoms with Crippen molar-refractivity contribution < 1.29 is 4.79 Å². The normalized spacial score (nSPS) is 16.5. The van der Waals surface area contributed by atoms with E-state index in [-0.39, 0.29) is 5.91 Å². The highest BCUT2D eigenvalue weighted by Gasteiger charge is 2.19. The van der Waals surface area contributed by atoms with Crippen molar-refractivity contribution in [1.29, 1.82) is 0 Å². The fraction of sp³-hybridized carbons (Fsp3) is 0.571. The van der Waals surface area contributed by atoms with Crippen LogP contribution < -0.4 is 5.32 Å². The van der Waals surface area contributed by atoms with Gasteiger partial charge in [-0.3, -0.25) is 4.79 Å². The van der Waals surface area contributed by atoms with E-state index in [2.05, 4.69) is 29.2 Å². The lowest BCUT2D eigenvalue weighted by atomic mass is 10.0. The highest BCUT2D eigenvalue weighted by atomic mass is 35.5. The summed E-state index contributed by atoms with van der Waals surface area (Å²) in [5, 5.41) is 3.65. The minimum Gasteiger partial charge on any atom is -0.353 e. The van der Waals surface area contributed by atoms with Crippen molar-refractivity contribution in [3.05, 3.63) is 40.9 Å². The Bertz CT molecular complexity index is 565. The first kappa shape index (κ1) is 20.9. The van der Waals surface area contributed by atoms with E-state index < -0.39 is 0 Å². The molecule has 0 bridgehead atoms. The molecule has 0 spiro atoms. The number of nitrogens with one attached hydrogen (secondary N) is 1. The van der Waals surface area contributed by atoms with Gasteiger partial charge in [-0.1, -0.05) is 30.2 Å². The number of likely N-dealkylation sites (tertiary alicyclic amines) is 1. The van der Waals surface area contributed by atoms with Gasteiger partial charge in [-0.2, -0.15) is 0 Å². The minimum atomic E-state index is -0.0385. The van der Waals surface area contributed by atoms with Gasteiger partial charge in [0.05, 0.1) is 0 Å². The molecular formula is C21H32ClN3O. The molecule has 144 valence electrons. The molecule has 0 aliphatic carbocycles. The Morgan fingerprint density at radius 3 is 2.62 bits per heavy atom. The molecule has 1 fully saturated rings. The molecule has 1 saturated heterocycles. The number of nitrogens with zero attached hydrogens (tertiary/aromatic N) is 2. The monoisotopic (exact) mass is 377 g/mol.